The first-order valence-electron chi connectivity index (χ1n) is 6.68. The molecule has 3 atom stereocenters. The van der Waals surface area contributed by atoms with E-state index in [1.54, 1.807) is 0 Å². The van der Waals surface area contributed by atoms with Gasteiger partial charge < -0.3 is 5.11 Å². The smallest absolute Gasteiger partial charge is 0.173 e. The molecule has 0 heterocycles. The molecule has 18 heavy (non-hydrogen) atoms. The van der Waals surface area contributed by atoms with Crippen molar-refractivity contribution in [3.05, 3.63) is 35.9 Å². The first-order chi connectivity index (χ1) is 8.36. The molecule has 2 bridgehead atoms. The number of carbonyl (C=O) groups is 1. The van der Waals surface area contributed by atoms with E-state index in [2.05, 4.69) is 20.8 Å². The molecule has 3 rings (SSSR count). The van der Waals surface area contributed by atoms with Gasteiger partial charge in [-0.1, -0.05) is 51.1 Å². The Morgan fingerprint density at radius 3 is 2.28 bits per heavy atom. The minimum atomic E-state index is -1.30. The third-order valence-corrected chi connectivity index (χ3v) is 5.89. The molecule has 0 radical (unpaired) electrons. The van der Waals surface area contributed by atoms with E-state index in [0.717, 1.165) is 18.4 Å². The number of hydrogen-bond donors (Lipinski definition) is 1. The van der Waals surface area contributed by atoms with Gasteiger partial charge in [-0.3, -0.25) is 4.79 Å². The molecule has 2 saturated carbocycles. The predicted octanol–water partition coefficient (Wildman–Crippen LogP) is 2.90. The third kappa shape index (κ3) is 1.02. The summed E-state index contributed by atoms with van der Waals surface area (Å²) in [7, 11) is 0. The van der Waals surface area contributed by atoms with Crippen molar-refractivity contribution in [2.24, 2.45) is 16.7 Å². The van der Waals surface area contributed by atoms with Crippen molar-refractivity contribution in [3.8, 4) is 0 Å². The van der Waals surface area contributed by atoms with Crippen LogP contribution < -0.4 is 0 Å². The quantitative estimate of drug-likeness (QED) is 0.824. The highest BCUT2D eigenvalue weighted by Gasteiger charge is 2.74. The van der Waals surface area contributed by atoms with Gasteiger partial charge in [0.1, 0.15) is 0 Å². The van der Waals surface area contributed by atoms with Gasteiger partial charge in [0.15, 0.2) is 11.4 Å². The minimum Gasteiger partial charge on any atom is -0.377 e. The average Bonchev–Trinajstić information content (AvgIpc) is 2.65. The van der Waals surface area contributed by atoms with Crippen LogP contribution in [0, 0.1) is 16.7 Å². The van der Waals surface area contributed by atoms with Crippen molar-refractivity contribution in [2.75, 3.05) is 0 Å². The maximum absolute atomic E-state index is 12.7. The lowest BCUT2D eigenvalue weighted by molar-refractivity contribution is -0.152. The molecule has 0 amide bonds. The van der Waals surface area contributed by atoms with Crippen LogP contribution in [0.4, 0.5) is 0 Å². The lowest BCUT2D eigenvalue weighted by Crippen LogP contribution is -2.48. The van der Waals surface area contributed by atoms with E-state index in [1.165, 1.54) is 0 Å². The van der Waals surface area contributed by atoms with Crippen LogP contribution in [0.5, 0.6) is 0 Å². The van der Waals surface area contributed by atoms with E-state index in [-0.39, 0.29) is 22.5 Å². The monoisotopic (exact) mass is 244 g/mol. The molecule has 2 fully saturated rings. The van der Waals surface area contributed by atoms with Crippen molar-refractivity contribution >= 4 is 5.78 Å². The summed E-state index contributed by atoms with van der Waals surface area (Å²) in [6.07, 6.45) is 1.83. The topological polar surface area (TPSA) is 37.3 Å². The van der Waals surface area contributed by atoms with E-state index < -0.39 is 5.60 Å². The zero-order chi connectivity index (χ0) is 13.2. The minimum absolute atomic E-state index is 0.00675. The van der Waals surface area contributed by atoms with Gasteiger partial charge in [0.2, 0.25) is 0 Å². The van der Waals surface area contributed by atoms with Gasteiger partial charge >= 0.3 is 0 Å². The number of aliphatic hydroxyl groups is 1. The van der Waals surface area contributed by atoms with Gasteiger partial charge in [-0.15, -0.1) is 0 Å². The number of fused-ring (bicyclic) bond motifs is 2. The number of benzene rings is 1. The Morgan fingerprint density at radius 1 is 1.17 bits per heavy atom. The Balaban J connectivity index is 2.23. The fourth-order valence-electron chi connectivity index (χ4n) is 4.27. The predicted molar refractivity (Wildman–Crippen MR) is 70.0 cm³/mol. The van der Waals surface area contributed by atoms with E-state index in [9.17, 15) is 9.90 Å². The molecule has 0 aliphatic heterocycles. The second kappa shape index (κ2) is 3.24. The Labute approximate surface area is 108 Å². The van der Waals surface area contributed by atoms with Crippen LogP contribution in [0.1, 0.15) is 39.2 Å². The van der Waals surface area contributed by atoms with Gasteiger partial charge in [-0.05, 0) is 23.8 Å². The van der Waals surface area contributed by atoms with Crippen LogP contribution in [0.25, 0.3) is 0 Å². The van der Waals surface area contributed by atoms with Crippen LogP contribution in [0.3, 0.4) is 0 Å². The molecule has 96 valence electrons. The van der Waals surface area contributed by atoms with E-state index in [0.29, 0.717) is 0 Å². The van der Waals surface area contributed by atoms with Crippen molar-refractivity contribution in [1.82, 2.24) is 0 Å². The normalized spacial score (nSPS) is 41.3. The van der Waals surface area contributed by atoms with Crippen LogP contribution >= 0.6 is 0 Å². The number of rotatable bonds is 1. The molecule has 0 aromatic heterocycles. The molecule has 2 aliphatic carbocycles. The van der Waals surface area contributed by atoms with Gasteiger partial charge in [0.05, 0.1) is 0 Å². The maximum atomic E-state index is 12.7. The number of ketones is 1. The molecule has 1 N–H and O–H groups in total. The summed E-state index contributed by atoms with van der Waals surface area (Å²) >= 11 is 0. The highest BCUT2D eigenvalue weighted by atomic mass is 16.3. The number of Topliss-reactive ketones (excluding diaryl/α,β-unsaturated/α-hetero) is 1. The number of carbonyl (C=O) groups excluding carboxylic acids is 1. The zero-order valence-electron chi connectivity index (χ0n) is 11.2. The fraction of sp³-hybridized carbons (Fsp3) is 0.562. The second-order valence-corrected chi connectivity index (χ2v) is 6.59. The summed E-state index contributed by atoms with van der Waals surface area (Å²) in [5.41, 5.74) is -1.04. The van der Waals surface area contributed by atoms with Crippen LogP contribution in [0.2, 0.25) is 0 Å². The fourth-order valence-corrected chi connectivity index (χ4v) is 4.27. The summed E-state index contributed by atoms with van der Waals surface area (Å²) in [6.45, 7) is 6.33. The van der Waals surface area contributed by atoms with E-state index >= 15 is 0 Å². The lowest BCUT2D eigenvalue weighted by Gasteiger charge is -2.44. The molecule has 2 heteroatoms. The molecule has 1 aromatic carbocycles. The molecule has 0 saturated heterocycles. The summed E-state index contributed by atoms with van der Waals surface area (Å²) in [5.74, 6) is 0.0140. The van der Waals surface area contributed by atoms with Crippen molar-refractivity contribution in [1.29, 1.82) is 0 Å². The summed E-state index contributed by atoms with van der Waals surface area (Å²) in [6, 6.07) is 9.45. The van der Waals surface area contributed by atoms with Crippen molar-refractivity contribution in [3.63, 3.8) is 0 Å². The Morgan fingerprint density at radius 2 is 1.78 bits per heavy atom. The number of hydrogen-bond acceptors (Lipinski definition) is 2. The molecule has 2 nitrogen and oxygen atoms in total. The summed E-state index contributed by atoms with van der Waals surface area (Å²) in [4.78, 5) is 12.7. The Kier molecular flexibility index (Phi) is 2.14. The molecule has 1 aromatic rings. The largest absolute Gasteiger partial charge is 0.377 e. The zero-order valence-corrected chi connectivity index (χ0v) is 11.2. The molecule has 0 unspecified atom stereocenters. The van der Waals surface area contributed by atoms with Crippen LogP contribution in [0.15, 0.2) is 30.3 Å². The average molecular weight is 244 g/mol. The maximum Gasteiger partial charge on any atom is 0.173 e. The molecular weight excluding hydrogens is 224 g/mol. The van der Waals surface area contributed by atoms with Gasteiger partial charge in [-0.25, -0.2) is 0 Å². The van der Waals surface area contributed by atoms with Crippen molar-refractivity contribution < 1.29 is 9.90 Å². The lowest BCUT2D eigenvalue weighted by atomic mass is 9.62. The standard InChI is InChI=1S/C16H20O2/c1-14(2)12-9-10-15(14,3)16(18,13(12)17)11-7-5-4-6-8-11/h4-8,12,18H,9-10H2,1-3H3/t12-,15-,16+/m1/s1. The second-order valence-electron chi connectivity index (χ2n) is 6.59. The van der Waals surface area contributed by atoms with E-state index in [1.807, 2.05) is 30.3 Å². The summed E-state index contributed by atoms with van der Waals surface area (Å²) < 4.78 is 0. The Bertz CT molecular complexity index is 505. The van der Waals surface area contributed by atoms with Crippen LogP contribution in [-0.4, -0.2) is 10.9 Å². The summed E-state index contributed by atoms with van der Waals surface area (Å²) in [5, 5.41) is 11.2. The molecule has 2 aliphatic rings. The first kappa shape index (κ1) is 11.9. The first-order valence-corrected chi connectivity index (χ1v) is 6.68. The van der Waals surface area contributed by atoms with Gasteiger partial charge in [0, 0.05) is 11.3 Å². The van der Waals surface area contributed by atoms with Crippen LogP contribution in [-0.2, 0) is 10.4 Å². The van der Waals surface area contributed by atoms with Crippen molar-refractivity contribution in [2.45, 2.75) is 39.2 Å². The highest BCUT2D eigenvalue weighted by molar-refractivity contribution is 5.96. The Hall–Kier alpha value is -1.15. The van der Waals surface area contributed by atoms with E-state index in [4.69, 9.17) is 0 Å². The van der Waals surface area contributed by atoms with Gasteiger partial charge in [0.25, 0.3) is 0 Å². The molecular formula is C16H20O2. The highest BCUT2D eigenvalue weighted by Crippen LogP contribution is 2.70. The SMILES string of the molecule is CC1(C)[C@@H]2CC[C@@]1(C)[C@](O)(c1ccccc1)C2=O. The molecule has 0 spiro atoms. The van der Waals surface area contributed by atoms with Gasteiger partial charge in [-0.2, -0.15) is 0 Å². The third-order valence-electron chi connectivity index (χ3n) is 5.89.